The molecule has 3 aromatic rings. The lowest BCUT2D eigenvalue weighted by atomic mass is 10.1. The minimum absolute atomic E-state index is 0.0553. The van der Waals surface area contributed by atoms with Crippen LogP contribution in [0.25, 0.3) is 10.6 Å². The van der Waals surface area contributed by atoms with Gasteiger partial charge >= 0.3 is 0 Å². The number of aromatic amines is 1. The summed E-state index contributed by atoms with van der Waals surface area (Å²) in [5, 5.41) is 13.7. The van der Waals surface area contributed by atoms with Gasteiger partial charge in [0, 0.05) is 25.4 Å². The van der Waals surface area contributed by atoms with Gasteiger partial charge in [-0.1, -0.05) is 6.07 Å². The van der Waals surface area contributed by atoms with Gasteiger partial charge in [-0.25, -0.2) is 0 Å². The summed E-state index contributed by atoms with van der Waals surface area (Å²) in [6, 6.07) is 5.77. The van der Waals surface area contributed by atoms with Crippen LogP contribution < -0.4 is 0 Å². The van der Waals surface area contributed by atoms with E-state index in [2.05, 4.69) is 15.3 Å². The summed E-state index contributed by atoms with van der Waals surface area (Å²) in [4.78, 5) is 15.7. The van der Waals surface area contributed by atoms with Crippen LogP contribution in [0.15, 0.2) is 23.6 Å². The van der Waals surface area contributed by atoms with Gasteiger partial charge in [0.15, 0.2) is 0 Å². The first-order valence-electron chi connectivity index (χ1n) is 7.76. The monoisotopic (exact) mass is 343 g/mol. The van der Waals surface area contributed by atoms with Gasteiger partial charge in [0.05, 0.1) is 16.6 Å². The molecular formula is C17H21N5OS. The number of hydrogen-bond donors (Lipinski definition) is 1. The number of carbonyl (C=O) groups is 1. The molecule has 6 nitrogen and oxygen atoms in total. The molecule has 0 saturated heterocycles. The molecule has 0 aliphatic carbocycles. The predicted molar refractivity (Wildman–Crippen MR) is 95.1 cm³/mol. The number of rotatable bonds is 4. The highest BCUT2D eigenvalue weighted by Crippen LogP contribution is 2.27. The van der Waals surface area contributed by atoms with Gasteiger partial charge in [0.1, 0.15) is 11.4 Å². The Labute approximate surface area is 145 Å². The fourth-order valence-corrected chi connectivity index (χ4v) is 3.62. The van der Waals surface area contributed by atoms with Crippen LogP contribution in [-0.4, -0.2) is 37.8 Å². The number of amides is 1. The Balaban J connectivity index is 1.89. The highest BCUT2D eigenvalue weighted by Gasteiger charge is 2.25. The van der Waals surface area contributed by atoms with Gasteiger partial charge in [-0.05, 0) is 38.3 Å². The van der Waals surface area contributed by atoms with Gasteiger partial charge in [-0.15, -0.1) is 11.3 Å². The number of nitrogens with zero attached hydrogens (tertiary/aromatic N) is 4. The molecule has 0 spiro atoms. The van der Waals surface area contributed by atoms with Crippen molar-refractivity contribution in [1.29, 1.82) is 0 Å². The lowest BCUT2D eigenvalue weighted by Crippen LogP contribution is -2.31. The van der Waals surface area contributed by atoms with E-state index in [1.54, 1.807) is 28.0 Å². The van der Waals surface area contributed by atoms with Gasteiger partial charge in [-0.2, -0.15) is 10.2 Å². The van der Waals surface area contributed by atoms with Crippen molar-refractivity contribution in [2.24, 2.45) is 7.05 Å². The first-order chi connectivity index (χ1) is 11.4. The fourth-order valence-electron chi connectivity index (χ4n) is 2.94. The predicted octanol–water partition coefficient (Wildman–Crippen LogP) is 3.32. The Morgan fingerprint density at radius 2 is 2.17 bits per heavy atom. The maximum absolute atomic E-state index is 12.9. The maximum atomic E-state index is 12.9. The fraction of sp³-hybridized carbons (Fsp3) is 0.353. The van der Waals surface area contributed by atoms with Crippen LogP contribution in [0, 0.1) is 13.8 Å². The second-order valence-electron chi connectivity index (χ2n) is 5.96. The standard InChI is InChI=1S/C17H21N5OS/c1-10-16(11(2)19-18-10)12(3)21(4)17(23)14-9-13(20-22(14)5)15-7-6-8-24-15/h6-9,12H,1-5H3,(H,18,19). The molecule has 0 aliphatic rings. The summed E-state index contributed by atoms with van der Waals surface area (Å²) >= 11 is 1.61. The van der Waals surface area contributed by atoms with Crippen LogP contribution >= 0.6 is 11.3 Å². The lowest BCUT2D eigenvalue weighted by molar-refractivity contribution is 0.0731. The highest BCUT2D eigenvalue weighted by molar-refractivity contribution is 7.13. The molecule has 0 aliphatic heterocycles. The molecule has 0 bridgehead atoms. The Morgan fingerprint density at radius 1 is 1.42 bits per heavy atom. The number of nitrogens with one attached hydrogen (secondary N) is 1. The number of H-pyrrole nitrogens is 1. The Bertz CT molecular complexity index is 842. The summed E-state index contributed by atoms with van der Waals surface area (Å²) in [7, 11) is 3.62. The SMILES string of the molecule is Cc1n[nH]c(C)c1C(C)N(C)C(=O)c1cc(-c2cccs2)nn1C. The van der Waals surface area contributed by atoms with Crippen molar-refractivity contribution >= 4 is 17.2 Å². The number of aryl methyl sites for hydroxylation is 3. The van der Waals surface area contributed by atoms with E-state index in [0.717, 1.165) is 27.5 Å². The molecule has 0 fully saturated rings. The van der Waals surface area contributed by atoms with Crippen LogP contribution in [0.1, 0.15) is 40.4 Å². The molecule has 24 heavy (non-hydrogen) atoms. The van der Waals surface area contributed by atoms with Crippen LogP contribution in [0.2, 0.25) is 0 Å². The highest BCUT2D eigenvalue weighted by atomic mass is 32.1. The zero-order valence-electron chi connectivity index (χ0n) is 14.5. The molecule has 3 heterocycles. The molecule has 0 aromatic carbocycles. The quantitative estimate of drug-likeness (QED) is 0.790. The van der Waals surface area contributed by atoms with Crippen molar-refractivity contribution in [1.82, 2.24) is 24.9 Å². The molecule has 126 valence electrons. The molecule has 0 saturated carbocycles. The smallest absolute Gasteiger partial charge is 0.272 e. The lowest BCUT2D eigenvalue weighted by Gasteiger charge is -2.25. The van der Waals surface area contributed by atoms with Crippen molar-refractivity contribution in [2.75, 3.05) is 7.05 Å². The largest absolute Gasteiger partial charge is 0.333 e. The van der Waals surface area contributed by atoms with E-state index >= 15 is 0 Å². The van der Waals surface area contributed by atoms with Crippen molar-refractivity contribution < 1.29 is 4.79 Å². The third-order valence-corrected chi connectivity index (χ3v) is 5.27. The van der Waals surface area contributed by atoms with Gasteiger partial charge < -0.3 is 4.90 Å². The summed E-state index contributed by atoms with van der Waals surface area (Å²) in [6.45, 7) is 5.94. The molecule has 7 heteroatoms. The molecule has 1 unspecified atom stereocenters. The number of carbonyl (C=O) groups excluding carboxylic acids is 1. The van der Waals surface area contributed by atoms with E-state index in [1.807, 2.05) is 51.4 Å². The average molecular weight is 343 g/mol. The number of aromatic nitrogens is 4. The van der Waals surface area contributed by atoms with E-state index in [1.165, 1.54) is 0 Å². The Kier molecular flexibility index (Phi) is 4.28. The van der Waals surface area contributed by atoms with E-state index < -0.39 is 0 Å². The minimum atomic E-state index is -0.0728. The van der Waals surface area contributed by atoms with Crippen LogP contribution in [0.4, 0.5) is 0 Å². The Hall–Kier alpha value is -2.41. The van der Waals surface area contributed by atoms with E-state index in [4.69, 9.17) is 0 Å². The van der Waals surface area contributed by atoms with Crippen LogP contribution in [0.3, 0.4) is 0 Å². The molecule has 0 radical (unpaired) electrons. The van der Waals surface area contributed by atoms with Crippen molar-refractivity contribution in [2.45, 2.75) is 26.8 Å². The summed E-state index contributed by atoms with van der Waals surface area (Å²) in [5.74, 6) is -0.0553. The normalized spacial score (nSPS) is 12.4. The zero-order chi connectivity index (χ0) is 17.4. The number of hydrogen-bond acceptors (Lipinski definition) is 4. The van der Waals surface area contributed by atoms with E-state index in [-0.39, 0.29) is 11.9 Å². The second kappa shape index (κ2) is 6.24. The molecular weight excluding hydrogens is 322 g/mol. The third kappa shape index (κ3) is 2.75. The summed E-state index contributed by atoms with van der Waals surface area (Å²) in [6.07, 6.45) is 0. The Morgan fingerprint density at radius 3 is 2.75 bits per heavy atom. The topological polar surface area (TPSA) is 66.8 Å². The molecule has 3 aromatic heterocycles. The second-order valence-corrected chi connectivity index (χ2v) is 6.90. The summed E-state index contributed by atoms with van der Waals surface area (Å²) in [5.41, 5.74) is 4.37. The van der Waals surface area contributed by atoms with Gasteiger partial charge in [-0.3, -0.25) is 14.6 Å². The summed E-state index contributed by atoms with van der Waals surface area (Å²) < 4.78 is 1.65. The van der Waals surface area contributed by atoms with Gasteiger partial charge in [0.25, 0.3) is 5.91 Å². The van der Waals surface area contributed by atoms with E-state index in [9.17, 15) is 4.79 Å². The first-order valence-corrected chi connectivity index (χ1v) is 8.64. The van der Waals surface area contributed by atoms with Crippen molar-refractivity contribution in [3.05, 3.63) is 46.2 Å². The number of thiophene rings is 1. The zero-order valence-corrected chi connectivity index (χ0v) is 15.3. The maximum Gasteiger partial charge on any atom is 0.272 e. The minimum Gasteiger partial charge on any atom is -0.333 e. The van der Waals surface area contributed by atoms with Crippen LogP contribution in [-0.2, 0) is 7.05 Å². The molecule has 1 N–H and O–H groups in total. The molecule has 1 atom stereocenters. The molecule has 3 rings (SSSR count). The van der Waals surface area contributed by atoms with Gasteiger partial charge in [0.2, 0.25) is 0 Å². The van der Waals surface area contributed by atoms with E-state index in [0.29, 0.717) is 5.69 Å². The average Bonchev–Trinajstić information content (AvgIpc) is 3.26. The third-order valence-electron chi connectivity index (χ3n) is 4.38. The van der Waals surface area contributed by atoms with Crippen molar-refractivity contribution in [3.63, 3.8) is 0 Å². The first kappa shape index (κ1) is 16.4. The molecule has 1 amide bonds. The van der Waals surface area contributed by atoms with Crippen molar-refractivity contribution in [3.8, 4) is 10.6 Å². The van der Waals surface area contributed by atoms with Crippen LogP contribution in [0.5, 0.6) is 0 Å².